The maximum absolute atomic E-state index is 5.97. The van der Waals surface area contributed by atoms with Crippen molar-refractivity contribution < 1.29 is 9.26 Å². The van der Waals surface area contributed by atoms with E-state index in [0.717, 1.165) is 30.8 Å². The maximum atomic E-state index is 5.97. The topological polar surface area (TPSA) is 47.3 Å². The summed E-state index contributed by atoms with van der Waals surface area (Å²) in [6, 6.07) is 1.99. The molecule has 1 saturated carbocycles. The summed E-state index contributed by atoms with van der Waals surface area (Å²) in [6.45, 7) is 12.4. The number of hydrogen-bond donors (Lipinski definition) is 1. The number of nitrogens with one attached hydrogen (secondary N) is 1. The van der Waals surface area contributed by atoms with Crippen molar-refractivity contribution in [2.45, 2.75) is 85.1 Å². The average molecular weight is 294 g/mol. The zero-order valence-electron chi connectivity index (χ0n) is 14.2. The molecule has 1 aliphatic carbocycles. The first-order valence-electron chi connectivity index (χ1n) is 8.05. The van der Waals surface area contributed by atoms with E-state index in [1.54, 1.807) is 0 Å². The average Bonchev–Trinajstić information content (AvgIpc) is 2.82. The van der Waals surface area contributed by atoms with Crippen LogP contribution < -0.4 is 5.32 Å². The van der Waals surface area contributed by atoms with Crippen molar-refractivity contribution in [2.24, 2.45) is 5.41 Å². The molecule has 0 amide bonds. The van der Waals surface area contributed by atoms with Crippen LogP contribution in [0.5, 0.6) is 0 Å². The second kappa shape index (κ2) is 6.49. The highest BCUT2D eigenvalue weighted by molar-refractivity contribution is 5.04. The van der Waals surface area contributed by atoms with E-state index in [0.29, 0.717) is 18.1 Å². The van der Waals surface area contributed by atoms with Gasteiger partial charge in [-0.1, -0.05) is 19.0 Å². The highest BCUT2D eigenvalue weighted by atomic mass is 16.5. The Morgan fingerprint density at radius 3 is 2.62 bits per heavy atom. The molecule has 0 radical (unpaired) electrons. The van der Waals surface area contributed by atoms with Crippen LogP contribution in [0.2, 0.25) is 0 Å². The summed E-state index contributed by atoms with van der Waals surface area (Å²) in [5.41, 5.74) is 1.51. The van der Waals surface area contributed by atoms with Gasteiger partial charge in [0.1, 0.15) is 6.61 Å². The highest BCUT2D eigenvalue weighted by Gasteiger charge is 2.27. The number of hydrogen-bond acceptors (Lipinski definition) is 4. The minimum Gasteiger partial charge on any atom is -0.370 e. The fourth-order valence-corrected chi connectivity index (χ4v) is 2.60. The fraction of sp³-hybridized carbons (Fsp3) is 0.824. The first-order valence-corrected chi connectivity index (χ1v) is 8.05. The van der Waals surface area contributed by atoms with Gasteiger partial charge in [-0.05, 0) is 51.9 Å². The van der Waals surface area contributed by atoms with E-state index in [4.69, 9.17) is 9.26 Å². The minimum absolute atomic E-state index is 0.0878. The van der Waals surface area contributed by atoms with Crippen LogP contribution in [-0.4, -0.2) is 16.8 Å². The summed E-state index contributed by atoms with van der Waals surface area (Å²) in [6.07, 6.45) is 5.17. The van der Waals surface area contributed by atoms with Crippen LogP contribution in [0, 0.1) is 5.41 Å². The van der Waals surface area contributed by atoms with Gasteiger partial charge in [0.15, 0.2) is 5.76 Å². The molecule has 1 aromatic rings. The third-order valence-electron chi connectivity index (χ3n) is 4.16. The van der Waals surface area contributed by atoms with Crippen molar-refractivity contribution >= 4 is 0 Å². The fourth-order valence-electron chi connectivity index (χ4n) is 2.60. The Morgan fingerprint density at radius 2 is 2.00 bits per heavy atom. The molecule has 1 fully saturated rings. The lowest BCUT2D eigenvalue weighted by molar-refractivity contribution is -0.0136. The minimum atomic E-state index is 0.0878. The van der Waals surface area contributed by atoms with Crippen LogP contribution in [0.1, 0.15) is 71.8 Å². The van der Waals surface area contributed by atoms with Gasteiger partial charge in [0.2, 0.25) is 0 Å². The van der Waals surface area contributed by atoms with Crippen LogP contribution in [0.4, 0.5) is 0 Å². The van der Waals surface area contributed by atoms with Crippen LogP contribution >= 0.6 is 0 Å². The predicted molar refractivity (Wildman–Crippen MR) is 83.9 cm³/mol. The second-order valence-electron chi connectivity index (χ2n) is 8.06. The van der Waals surface area contributed by atoms with Crippen molar-refractivity contribution in [1.29, 1.82) is 0 Å². The van der Waals surface area contributed by atoms with Gasteiger partial charge in [-0.3, -0.25) is 0 Å². The molecular weight excluding hydrogens is 264 g/mol. The monoisotopic (exact) mass is 294 g/mol. The van der Waals surface area contributed by atoms with E-state index in [9.17, 15) is 0 Å². The third kappa shape index (κ3) is 5.79. The molecule has 4 nitrogen and oxygen atoms in total. The molecule has 0 aromatic carbocycles. The summed E-state index contributed by atoms with van der Waals surface area (Å²) in [5.74, 6) is 0.825. The number of aromatic nitrogens is 1. The molecule has 2 rings (SSSR count). The molecule has 0 saturated heterocycles. The van der Waals surface area contributed by atoms with Crippen LogP contribution in [0.15, 0.2) is 10.6 Å². The van der Waals surface area contributed by atoms with E-state index >= 15 is 0 Å². The van der Waals surface area contributed by atoms with Gasteiger partial charge in [-0.25, -0.2) is 0 Å². The van der Waals surface area contributed by atoms with Crippen LogP contribution in [-0.2, 0) is 17.9 Å². The van der Waals surface area contributed by atoms with Crippen molar-refractivity contribution in [3.63, 3.8) is 0 Å². The van der Waals surface area contributed by atoms with E-state index in [1.807, 2.05) is 6.07 Å². The van der Waals surface area contributed by atoms with E-state index in [1.165, 1.54) is 12.8 Å². The maximum Gasteiger partial charge on any atom is 0.162 e. The normalized spacial score (nSPS) is 19.9. The standard InChI is InChI=1S/C17H30N2O2/c1-16(2,3)18-11-13-10-15(21-19-13)12-20-14-6-8-17(4,5)9-7-14/h10,14,18H,6-9,11-12H2,1-5H3. The molecule has 1 heterocycles. The molecule has 1 aliphatic rings. The van der Waals surface area contributed by atoms with Gasteiger partial charge in [0.25, 0.3) is 0 Å². The Kier molecular flexibility index (Phi) is 5.10. The summed E-state index contributed by atoms with van der Waals surface area (Å²) < 4.78 is 11.3. The van der Waals surface area contributed by atoms with Gasteiger partial charge in [-0.2, -0.15) is 0 Å². The molecule has 0 bridgehead atoms. The molecular formula is C17H30N2O2. The summed E-state index contributed by atoms with van der Waals surface area (Å²) in [7, 11) is 0. The Morgan fingerprint density at radius 1 is 1.33 bits per heavy atom. The number of rotatable bonds is 5. The third-order valence-corrected chi connectivity index (χ3v) is 4.16. The number of nitrogens with zero attached hydrogens (tertiary/aromatic N) is 1. The lowest BCUT2D eigenvalue weighted by Crippen LogP contribution is -2.35. The van der Waals surface area contributed by atoms with Crippen molar-refractivity contribution in [3.05, 3.63) is 17.5 Å². The Balaban J connectivity index is 1.73. The van der Waals surface area contributed by atoms with E-state index in [2.05, 4.69) is 45.1 Å². The van der Waals surface area contributed by atoms with Gasteiger partial charge < -0.3 is 14.6 Å². The smallest absolute Gasteiger partial charge is 0.162 e. The van der Waals surface area contributed by atoms with Gasteiger partial charge >= 0.3 is 0 Å². The van der Waals surface area contributed by atoms with Crippen molar-refractivity contribution in [3.8, 4) is 0 Å². The lowest BCUT2D eigenvalue weighted by atomic mass is 9.76. The molecule has 0 aliphatic heterocycles. The molecule has 1 aromatic heterocycles. The molecule has 4 heteroatoms. The van der Waals surface area contributed by atoms with Crippen molar-refractivity contribution in [2.75, 3.05) is 0 Å². The summed E-state index contributed by atoms with van der Waals surface area (Å²) in [4.78, 5) is 0. The van der Waals surface area contributed by atoms with Crippen LogP contribution in [0.3, 0.4) is 0 Å². The Hall–Kier alpha value is -0.870. The van der Waals surface area contributed by atoms with Gasteiger partial charge in [0.05, 0.1) is 11.8 Å². The predicted octanol–water partition coefficient (Wildman–Crippen LogP) is 4.05. The highest BCUT2D eigenvalue weighted by Crippen LogP contribution is 2.36. The van der Waals surface area contributed by atoms with Crippen molar-refractivity contribution in [1.82, 2.24) is 10.5 Å². The summed E-state index contributed by atoms with van der Waals surface area (Å²) in [5, 5.41) is 7.49. The number of ether oxygens (including phenoxy) is 1. The SMILES string of the molecule is CC1(C)CCC(OCc2cc(CNC(C)(C)C)no2)CC1. The second-order valence-corrected chi connectivity index (χ2v) is 8.06. The molecule has 0 atom stereocenters. The zero-order valence-corrected chi connectivity index (χ0v) is 14.2. The molecule has 0 unspecified atom stereocenters. The molecule has 21 heavy (non-hydrogen) atoms. The lowest BCUT2D eigenvalue weighted by Gasteiger charge is -2.33. The molecule has 120 valence electrons. The summed E-state index contributed by atoms with van der Waals surface area (Å²) >= 11 is 0. The first kappa shape index (κ1) is 16.5. The van der Waals surface area contributed by atoms with Crippen LogP contribution in [0.25, 0.3) is 0 Å². The van der Waals surface area contributed by atoms with Gasteiger partial charge in [-0.15, -0.1) is 0 Å². The first-order chi connectivity index (χ1) is 9.73. The molecule has 0 spiro atoms. The quantitative estimate of drug-likeness (QED) is 0.890. The van der Waals surface area contributed by atoms with E-state index in [-0.39, 0.29) is 5.54 Å². The zero-order chi connectivity index (χ0) is 15.5. The Labute approximate surface area is 128 Å². The largest absolute Gasteiger partial charge is 0.370 e. The van der Waals surface area contributed by atoms with E-state index < -0.39 is 0 Å². The van der Waals surface area contributed by atoms with Gasteiger partial charge in [0, 0.05) is 18.2 Å². The Bertz CT molecular complexity index is 436. The molecule has 1 N–H and O–H groups in total.